The zero-order valence-electron chi connectivity index (χ0n) is 30.7. The number of para-hydroxylation sites is 3. The van der Waals surface area contributed by atoms with E-state index in [9.17, 15) is 0 Å². The second-order valence-corrected chi connectivity index (χ2v) is 14.7. The number of aromatic nitrogens is 2. The Morgan fingerprint density at radius 3 is 1.71 bits per heavy atom. The Labute approximate surface area is 326 Å². The Kier molecular flexibility index (Phi) is 7.60. The molecule has 11 rings (SSSR count). The lowest BCUT2D eigenvalue weighted by atomic mass is 9.81. The lowest BCUT2D eigenvalue weighted by Gasteiger charge is -2.22. The molecule has 0 saturated heterocycles. The summed E-state index contributed by atoms with van der Waals surface area (Å²) in [5, 5.41) is 7.54. The zero-order valence-corrected chi connectivity index (χ0v) is 30.7. The van der Waals surface area contributed by atoms with Crippen LogP contribution in [0.4, 0.5) is 0 Å². The van der Waals surface area contributed by atoms with Crippen molar-refractivity contribution < 1.29 is 0 Å². The van der Waals surface area contributed by atoms with E-state index in [4.69, 9.17) is 4.98 Å². The fraction of sp³-hybridized carbons (Fsp3) is 0.0185. The monoisotopic (exact) mass is 712 g/mol. The van der Waals surface area contributed by atoms with Crippen LogP contribution in [0.2, 0.25) is 0 Å². The molecule has 1 aliphatic carbocycles. The number of nitrogens with zero attached hydrogens (tertiary/aromatic N) is 2. The topological polar surface area (TPSA) is 17.8 Å². The lowest BCUT2D eigenvalue weighted by Crippen LogP contribution is -1.99. The molecule has 0 saturated carbocycles. The molecule has 0 bridgehead atoms. The fourth-order valence-corrected chi connectivity index (χ4v) is 8.77. The van der Waals surface area contributed by atoms with E-state index in [1.165, 1.54) is 76.8 Å². The van der Waals surface area contributed by atoms with Gasteiger partial charge in [0.25, 0.3) is 0 Å². The van der Waals surface area contributed by atoms with E-state index in [1.54, 1.807) is 0 Å². The minimum absolute atomic E-state index is 0.822. The largest absolute Gasteiger partial charge is 0.292 e. The highest BCUT2D eigenvalue weighted by atomic mass is 15.1. The minimum atomic E-state index is 0.822. The molecule has 262 valence electrons. The molecular weight excluding hydrogens is 677 g/mol. The number of hydrogen-bond acceptors (Lipinski definition) is 1. The molecule has 2 nitrogen and oxygen atoms in total. The predicted molar refractivity (Wildman–Crippen MR) is 237 cm³/mol. The molecule has 2 heteroatoms. The highest BCUT2D eigenvalue weighted by Gasteiger charge is 2.22. The minimum Gasteiger partial charge on any atom is -0.292 e. The van der Waals surface area contributed by atoms with Gasteiger partial charge in [-0.2, -0.15) is 0 Å². The van der Waals surface area contributed by atoms with Crippen LogP contribution < -0.4 is 0 Å². The van der Waals surface area contributed by atoms with Crippen molar-refractivity contribution in [3.63, 3.8) is 0 Å². The summed E-state index contributed by atoms with van der Waals surface area (Å²) >= 11 is 0. The first kappa shape index (κ1) is 32.2. The first-order valence-corrected chi connectivity index (χ1v) is 19.3. The van der Waals surface area contributed by atoms with Gasteiger partial charge in [0.1, 0.15) is 5.82 Å². The molecule has 0 fully saturated rings. The van der Waals surface area contributed by atoms with Gasteiger partial charge in [0.05, 0.1) is 11.0 Å². The van der Waals surface area contributed by atoms with Gasteiger partial charge in [-0.05, 0) is 126 Å². The summed E-state index contributed by atoms with van der Waals surface area (Å²) in [4.78, 5) is 5.13. The summed E-state index contributed by atoms with van der Waals surface area (Å²) in [7, 11) is 0. The first-order chi connectivity index (χ1) is 27.8. The SMILES string of the molecule is C1=CC(c2ccc(-c3nc4ccccc4n3-c3ccccc3)cc2)=Cc2c(c(-c3ccc4ccccc4c3)c3ccccc3c2-c2ccc3ccccc3c2)C1. The van der Waals surface area contributed by atoms with Crippen molar-refractivity contribution in [2.24, 2.45) is 0 Å². The highest BCUT2D eigenvalue weighted by Crippen LogP contribution is 2.46. The second-order valence-electron chi connectivity index (χ2n) is 14.7. The smallest absolute Gasteiger partial charge is 0.145 e. The Hall–Kier alpha value is -7.29. The quantitative estimate of drug-likeness (QED) is 0.174. The summed E-state index contributed by atoms with van der Waals surface area (Å²) in [5.41, 5.74) is 14.3. The third kappa shape index (κ3) is 5.38. The third-order valence-corrected chi connectivity index (χ3v) is 11.4. The van der Waals surface area contributed by atoms with Crippen LogP contribution in [-0.4, -0.2) is 9.55 Å². The molecule has 1 aliphatic rings. The molecule has 0 unspecified atom stereocenters. The highest BCUT2D eigenvalue weighted by molar-refractivity contribution is 6.13. The van der Waals surface area contributed by atoms with E-state index in [0.29, 0.717) is 0 Å². The maximum atomic E-state index is 5.13. The maximum Gasteiger partial charge on any atom is 0.145 e. The molecule has 10 aromatic rings. The molecule has 1 aromatic heterocycles. The van der Waals surface area contributed by atoms with Crippen LogP contribution in [0.3, 0.4) is 0 Å². The molecule has 56 heavy (non-hydrogen) atoms. The van der Waals surface area contributed by atoms with Gasteiger partial charge in [-0.1, -0.05) is 164 Å². The van der Waals surface area contributed by atoms with Gasteiger partial charge in [-0.3, -0.25) is 4.57 Å². The standard InChI is InChI=1S/C54H36N2/c1-2-18-45(19-3-1)56-51-24-11-10-23-50(51)55-54(56)39-29-25-38(26-30-39)42-17-12-22-48-49(35-42)53(44-32-28-37-14-5-7-16-41(37)34-44)47-21-9-8-20-46(47)52(48)43-31-27-36-13-4-6-15-40(36)33-43/h1-21,23-35H,22H2. The van der Waals surface area contributed by atoms with Crippen molar-refractivity contribution in [1.82, 2.24) is 9.55 Å². The summed E-state index contributed by atoms with van der Waals surface area (Å²) in [5.74, 6) is 0.935. The number of imidazole rings is 1. The average Bonchev–Trinajstić information content (AvgIpc) is 3.52. The number of benzene rings is 9. The average molecular weight is 713 g/mol. The number of fused-ring (bicyclic) bond motifs is 5. The summed E-state index contributed by atoms with van der Waals surface area (Å²) < 4.78 is 2.26. The van der Waals surface area contributed by atoms with Gasteiger partial charge >= 0.3 is 0 Å². The Bertz CT molecular complexity index is 3200. The van der Waals surface area contributed by atoms with Crippen LogP contribution in [0.5, 0.6) is 0 Å². The van der Waals surface area contributed by atoms with Crippen molar-refractivity contribution >= 4 is 55.0 Å². The van der Waals surface area contributed by atoms with Crippen molar-refractivity contribution in [1.29, 1.82) is 0 Å². The van der Waals surface area contributed by atoms with Crippen LogP contribution in [0.15, 0.2) is 200 Å². The Morgan fingerprint density at radius 2 is 1.00 bits per heavy atom. The summed E-state index contributed by atoms with van der Waals surface area (Å²) in [6.45, 7) is 0. The van der Waals surface area contributed by atoms with Gasteiger partial charge < -0.3 is 0 Å². The van der Waals surface area contributed by atoms with Crippen LogP contribution >= 0.6 is 0 Å². The molecule has 0 spiro atoms. The van der Waals surface area contributed by atoms with Gasteiger partial charge in [-0.15, -0.1) is 0 Å². The molecule has 0 aliphatic heterocycles. The van der Waals surface area contributed by atoms with Crippen molar-refractivity contribution in [3.05, 3.63) is 217 Å². The zero-order chi connectivity index (χ0) is 37.0. The van der Waals surface area contributed by atoms with Crippen molar-refractivity contribution in [2.75, 3.05) is 0 Å². The van der Waals surface area contributed by atoms with Crippen LogP contribution in [0.1, 0.15) is 16.7 Å². The normalized spacial score (nSPS) is 12.6. The van der Waals surface area contributed by atoms with E-state index < -0.39 is 0 Å². The molecule has 0 atom stereocenters. The van der Waals surface area contributed by atoms with E-state index in [0.717, 1.165) is 34.5 Å². The maximum absolute atomic E-state index is 5.13. The van der Waals surface area contributed by atoms with Crippen molar-refractivity contribution in [3.8, 4) is 39.3 Å². The lowest BCUT2D eigenvalue weighted by molar-refractivity contribution is 1.10. The molecule has 0 amide bonds. The number of hydrogen-bond donors (Lipinski definition) is 0. The number of rotatable bonds is 5. The van der Waals surface area contributed by atoms with Gasteiger partial charge in [-0.25, -0.2) is 4.98 Å². The van der Waals surface area contributed by atoms with Gasteiger partial charge in [0.2, 0.25) is 0 Å². The second kappa shape index (κ2) is 13.2. The Morgan fingerprint density at radius 1 is 0.446 bits per heavy atom. The van der Waals surface area contributed by atoms with E-state index in [2.05, 4.69) is 211 Å². The molecule has 0 N–H and O–H groups in total. The summed E-state index contributed by atoms with van der Waals surface area (Å²) in [6, 6.07) is 68.1. The van der Waals surface area contributed by atoms with E-state index in [1.807, 2.05) is 0 Å². The molecular formula is C54H36N2. The molecule has 1 heterocycles. The first-order valence-electron chi connectivity index (χ1n) is 19.3. The number of allylic oxidation sites excluding steroid dienone is 3. The van der Waals surface area contributed by atoms with Crippen LogP contribution in [0.25, 0.3) is 94.3 Å². The van der Waals surface area contributed by atoms with Crippen molar-refractivity contribution in [2.45, 2.75) is 6.42 Å². The Balaban J connectivity index is 1.12. The fourth-order valence-electron chi connectivity index (χ4n) is 8.77. The van der Waals surface area contributed by atoms with Crippen LogP contribution in [0, 0.1) is 0 Å². The summed E-state index contributed by atoms with van der Waals surface area (Å²) in [6.07, 6.45) is 7.92. The molecule has 0 radical (unpaired) electrons. The third-order valence-electron chi connectivity index (χ3n) is 11.4. The van der Waals surface area contributed by atoms with Crippen LogP contribution in [-0.2, 0) is 6.42 Å². The van der Waals surface area contributed by atoms with Gasteiger partial charge in [0, 0.05) is 11.3 Å². The van der Waals surface area contributed by atoms with Gasteiger partial charge in [0.15, 0.2) is 0 Å². The van der Waals surface area contributed by atoms with E-state index in [-0.39, 0.29) is 0 Å². The molecule has 9 aromatic carbocycles. The van der Waals surface area contributed by atoms with E-state index >= 15 is 0 Å². The predicted octanol–water partition coefficient (Wildman–Crippen LogP) is 14.1.